The summed E-state index contributed by atoms with van der Waals surface area (Å²) >= 11 is 0. The van der Waals surface area contributed by atoms with Crippen molar-refractivity contribution < 1.29 is 14.3 Å². The van der Waals surface area contributed by atoms with Crippen LogP contribution in [0.4, 0.5) is 0 Å². The number of hydrogen-bond donors (Lipinski definition) is 0. The molecule has 1 spiro atoms. The Labute approximate surface area is 168 Å². The van der Waals surface area contributed by atoms with Gasteiger partial charge < -0.3 is 14.5 Å². The van der Waals surface area contributed by atoms with E-state index in [4.69, 9.17) is 4.74 Å². The monoisotopic (exact) mass is 384 g/mol. The molecule has 0 unspecified atom stereocenters. The van der Waals surface area contributed by atoms with Crippen LogP contribution < -0.4 is 0 Å². The maximum Gasteiger partial charge on any atom is 0.226 e. The van der Waals surface area contributed by atoms with Crippen LogP contribution in [0.25, 0.3) is 0 Å². The van der Waals surface area contributed by atoms with Gasteiger partial charge in [-0.05, 0) is 51.0 Å². The maximum atomic E-state index is 13.0. The fourth-order valence-electron chi connectivity index (χ4n) is 5.14. The molecule has 2 saturated heterocycles. The molecule has 1 aromatic rings. The van der Waals surface area contributed by atoms with E-state index in [-0.39, 0.29) is 29.4 Å². The second-order valence-electron chi connectivity index (χ2n) is 9.17. The van der Waals surface area contributed by atoms with Crippen LogP contribution in [0.5, 0.6) is 0 Å². The predicted octanol–water partition coefficient (Wildman–Crippen LogP) is 2.80. The minimum Gasteiger partial charge on any atom is -0.372 e. The van der Waals surface area contributed by atoms with Crippen molar-refractivity contribution in [2.24, 2.45) is 11.3 Å². The van der Waals surface area contributed by atoms with E-state index in [2.05, 4.69) is 19.1 Å². The molecule has 4 rings (SSSR count). The predicted molar refractivity (Wildman–Crippen MR) is 108 cm³/mol. The number of ether oxygens (including phenoxy) is 1. The Bertz CT molecular complexity index is 744. The third-order valence-corrected chi connectivity index (χ3v) is 6.77. The molecule has 3 aliphatic rings. The average molecular weight is 385 g/mol. The minimum absolute atomic E-state index is 0.114. The number of morpholine rings is 1. The number of nitrogens with zero attached hydrogens (tertiary/aromatic N) is 2. The number of rotatable bonds is 3. The number of carbonyl (C=O) groups is 2. The molecule has 1 aromatic carbocycles. The average Bonchev–Trinajstić information content (AvgIpc) is 3.34. The van der Waals surface area contributed by atoms with E-state index in [9.17, 15) is 9.59 Å². The number of likely N-dealkylation sites (tertiary alicyclic amines) is 1. The molecule has 2 aliphatic heterocycles. The fraction of sp³-hybridized carbons (Fsp3) is 0.652. The molecule has 0 N–H and O–H groups in total. The zero-order chi connectivity index (χ0) is 19.9. The molecule has 0 bridgehead atoms. The first-order valence-corrected chi connectivity index (χ1v) is 10.6. The second-order valence-corrected chi connectivity index (χ2v) is 9.17. The third-order valence-electron chi connectivity index (χ3n) is 6.77. The molecule has 2 heterocycles. The molecule has 1 saturated carbocycles. The van der Waals surface area contributed by atoms with E-state index in [0.717, 1.165) is 37.9 Å². The van der Waals surface area contributed by atoms with Crippen molar-refractivity contribution in [1.29, 1.82) is 0 Å². The first kappa shape index (κ1) is 19.4. The molecule has 1 aliphatic carbocycles. The van der Waals surface area contributed by atoms with Gasteiger partial charge in [0.15, 0.2) is 0 Å². The molecule has 5 nitrogen and oxygen atoms in total. The topological polar surface area (TPSA) is 49.9 Å². The van der Waals surface area contributed by atoms with Crippen LogP contribution in [-0.2, 0) is 20.7 Å². The number of piperidine rings is 1. The molecule has 5 heteroatoms. The minimum atomic E-state index is 0.114. The smallest absolute Gasteiger partial charge is 0.226 e. The molecule has 152 valence electrons. The molecular formula is C23H32N2O3. The lowest BCUT2D eigenvalue weighted by Crippen LogP contribution is -2.49. The van der Waals surface area contributed by atoms with Crippen LogP contribution in [0.1, 0.15) is 44.2 Å². The summed E-state index contributed by atoms with van der Waals surface area (Å²) in [7, 11) is 0. The van der Waals surface area contributed by atoms with Gasteiger partial charge in [-0.15, -0.1) is 0 Å². The van der Waals surface area contributed by atoms with Gasteiger partial charge >= 0.3 is 0 Å². The van der Waals surface area contributed by atoms with Crippen molar-refractivity contribution in [1.82, 2.24) is 9.80 Å². The highest BCUT2D eigenvalue weighted by Gasteiger charge is 2.59. The van der Waals surface area contributed by atoms with Crippen molar-refractivity contribution in [3.05, 3.63) is 35.4 Å². The molecule has 2 amide bonds. The van der Waals surface area contributed by atoms with Gasteiger partial charge in [-0.2, -0.15) is 0 Å². The van der Waals surface area contributed by atoms with Crippen molar-refractivity contribution in [2.75, 3.05) is 26.2 Å². The highest BCUT2D eigenvalue weighted by atomic mass is 16.5. The Morgan fingerprint density at radius 1 is 1.11 bits per heavy atom. The van der Waals surface area contributed by atoms with Crippen LogP contribution in [0.2, 0.25) is 0 Å². The van der Waals surface area contributed by atoms with Gasteiger partial charge in [0, 0.05) is 32.1 Å². The Morgan fingerprint density at radius 3 is 2.43 bits per heavy atom. The molecule has 0 aromatic heterocycles. The van der Waals surface area contributed by atoms with Crippen LogP contribution in [0.15, 0.2) is 24.3 Å². The van der Waals surface area contributed by atoms with E-state index in [1.54, 1.807) is 0 Å². The third kappa shape index (κ3) is 3.95. The molecular weight excluding hydrogens is 352 g/mol. The van der Waals surface area contributed by atoms with Crippen LogP contribution in [-0.4, -0.2) is 60.0 Å². The summed E-state index contributed by atoms with van der Waals surface area (Å²) in [6, 6.07) is 8.18. The molecule has 3 atom stereocenters. The van der Waals surface area contributed by atoms with Gasteiger partial charge in [-0.25, -0.2) is 0 Å². The van der Waals surface area contributed by atoms with Gasteiger partial charge in [-0.3, -0.25) is 9.59 Å². The van der Waals surface area contributed by atoms with Crippen molar-refractivity contribution in [2.45, 2.75) is 58.7 Å². The van der Waals surface area contributed by atoms with Crippen LogP contribution in [0, 0.1) is 18.3 Å². The number of amides is 2. The lowest BCUT2D eigenvalue weighted by Gasteiger charge is -2.37. The summed E-state index contributed by atoms with van der Waals surface area (Å²) in [4.78, 5) is 29.7. The van der Waals surface area contributed by atoms with E-state index in [1.807, 2.05) is 35.8 Å². The summed E-state index contributed by atoms with van der Waals surface area (Å²) in [6.07, 6.45) is 3.61. The number of benzene rings is 1. The van der Waals surface area contributed by atoms with Gasteiger partial charge in [0.2, 0.25) is 11.8 Å². The second kappa shape index (κ2) is 7.51. The van der Waals surface area contributed by atoms with Gasteiger partial charge in [0.05, 0.1) is 18.6 Å². The quantitative estimate of drug-likeness (QED) is 0.805. The van der Waals surface area contributed by atoms with Crippen molar-refractivity contribution >= 4 is 11.8 Å². The summed E-state index contributed by atoms with van der Waals surface area (Å²) < 4.78 is 5.76. The Kier molecular flexibility index (Phi) is 5.21. The summed E-state index contributed by atoms with van der Waals surface area (Å²) in [5.41, 5.74) is 2.41. The Hall–Kier alpha value is -1.88. The number of aryl methyl sites for hydroxylation is 1. The highest BCUT2D eigenvalue weighted by molar-refractivity contribution is 5.83. The van der Waals surface area contributed by atoms with Gasteiger partial charge in [-0.1, -0.05) is 29.8 Å². The van der Waals surface area contributed by atoms with E-state index < -0.39 is 0 Å². The molecule has 28 heavy (non-hydrogen) atoms. The summed E-state index contributed by atoms with van der Waals surface area (Å²) in [6.45, 7) is 9.11. The fourth-order valence-corrected chi connectivity index (χ4v) is 5.14. The number of carbonyl (C=O) groups excluding carboxylic acids is 2. The maximum absolute atomic E-state index is 13.0. The Morgan fingerprint density at radius 2 is 1.79 bits per heavy atom. The zero-order valence-corrected chi connectivity index (χ0v) is 17.3. The number of hydrogen-bond acceptors (Lipinski definition) is 3. The van der Waals surface area contributed by atoms with E-state index in [0.29, 0.717) is 25.4 Å². The summed E-state index contributed by atoms with van der Waals surface area (Å²) in [5, 5.41) is 0. The highest BCUT2D eigenvalue weighted by Crippen LogP contribution is 2.60. The van der Waals surface area contributed by atoms with Gasteiger partial charge in [0.1, 0.15) is 0 Å². The molecule has 0 radical (unpaired) electrons. The lowest BCUT2D eigenvalue weighted by molar-refractivity contribution is -0.145. The van der Waals surface area contributed by atoms with Crippen molar-refractivity contribution in [3.8, 4) is 0 Å². The van der Waals surface area contributed by atoms with Crippen LogP contribution in [0.3, 0.4) is 0 Å². The van der Waals surface area contributed by atoms with Crippen molar-refractivity contribution in [3.63, 3.8) is 0 Å². The summed E-state index contributed by atoms with van der Waals surface area (Å²) in [5.74, 6) is 0.667. The van der Waals surface area contributed by atoms with E-state index in [1.165, 1.54) is 5.56 Å². The SMILES string of the molecule is Cc1cccc(CC(=O)N2CCC3(CC2)C[C@@H]3C(=O)N2C[C@@H](C)O[C@@H](C)C2)c1. The molecule has 3 fully saturated rings. The van der Waals surface area contributed by atoms with Gasteiger partial charge in [0.25, 0.3) is 0 Å². The lowest BCUT2D eigenvalue weighted by atomic mass is 9.90. The standard InChI is InChI=1S/C23H32N2O3/c1-16-5-4-6-19(11-16)12-21(26)24-9-7-23(8-10-24)13-20(23)22(27)25-14-17(2)28-18(3)15-25/h4-6,11,17-18,20H,7-10,12-15H2,1-3H3/t17-,18+,20-/m1/s1. The normalized spacial score (nSPS) is 29.0. The van der Waals surface area contributed by atoms with E-state index >= 15 is 0 Å². The first-order valence-electron chi connectivity index (χ1n) is 10.6. The zero-order valence-electron chi connectivity index (χ0n) is 17.3. The Balaban J connectivity index is 1.30. The largest absolute Gasteiger partial charge is 0.372 e. The van der Waals surface area contributed by atoms with Crippen LogP contribution >= 0.6 is 0 Å². The first-order chi connectivity index (χ1) is 13.4.